The molecule has 2 rings (SSSR count). The normalized spacial score (nSPS) is 23.9. The molecule has 0 spiro atoms. The number of amides is 3. The van der Waals surface area contributed by atoms with Gasteiger partial charge in [0.05, 0.1) is 12.6 Å². The first-order valence-corrected chi connectivity index (χ1v) is 7.89. The maximum atomic E-state index is 12.1. The van der Waals surface area contributed by atoms with Gasteiger partial charge in [0.2, 0.25) is 5.91 Å². The third-order valence-electron chi connectivity index (χ3n) is 3.98. The fourth-order valence-electron chi connectivity index (χ4n) is 2.50. The average molecular weight is 311 g/mol. The van der Waals surface area contributed by atoms with Crippen LogP contribution in [0.25, 0.3) is 0 Å². The van der Waals surface area contributed by atoms with Gasteiger partial charge in [-0.1, -0.05) is 0 Å². The zero-order valence-electron chi connectivity index (χ0n) is 13.4. The minimum absolute atomic E-state index is 0.0352. The second-order valence-electron chi connectivity index (χ2n) is 6.32. The van der Waals surface area contributed by atoms with E-state index >= 15 is 0 Å². The molecule has 0 aromatic rings. The van der Waals surface area contributed by atoms with Crippen LogP contribution in [0.1, 0.15) is 33.6 Å². The Labute approximate surface area is 130 Å². The van der Waals surface area contributed by atoms with Crippen molar-refractivity contribution in [2.75, 3.05) is 19.7 Å². The topological polar surface area (TPSA) is 87.7 Å². The van der Waals surface area contributed by atoms with Gasteiger partial charge in [0.25, 0.3) is 0 Å². The number of urea groups is 1. The fraction of sp³-hybridized carbons (Fsp3) is 0.800. The summed E-state index contributed by atoms with van der Waals surface area (Å²) in [6.45, 7) is 6.80. The lowest BCUT2D eigenvalue weighted by atomic mass is 10.1. The number of nitrogens with one attached hydrogen (secondary N) is 2. The summed E-state index contributed by atoms with van der Waals surface area (Å²) in [7, 11) is 0. The van der Waals surface area contributed by atoms with Crippen LogP contribution in [0.2, 0.25) is 0 Å². The van der Waals surface area contributed by atoms with Crippen LogP contribution in [0.3, 0.4) is 0 Å². The largest absolute Gasteiger partial charge is 0.368 e. The van der Waals surface area contributed by atoms with Gasteiger partial charge >= 0.3 is 6.03 Å². The summed E-state index contributed by atoms with van der Waals surface area (Å²) < 4.78 is 5.53. The van der Waals surface area contributed by atoms with Crippen LogP contribution >= 0.6 is 0 Å². The van der Waals surface area contributed by atoms with E-state index in [9.17, 15) is 14.4 Å². The van der Waals surface area contributed by atoms with Gasteiger partial charge in [0.1, 0.15) is 6.10 Å². The minimum Gasteiger partial charge on any atom is -0.368 e. The molecule has 2 fully saturated rings. The lowest BCUT2D eigenvalue weighted by molar-refractivity contribution is -0.142. The monoisotopic (exact) mass is 311 g/mol. The second-order valence-corrected chi connectivity index (χ2v) is 6.32. The summed E-state index contributed by atoms with van der Waals surface area (Å²) >= 11 is 0. The van der Waals surface area contributed by atoms with Crippen molar-refractivity contribution < 1.29 is 19.1 Å². The quantitative estimate of drug-likeness (QED) is 0.762. The summed E-state index contributed by atoms with van der Waals surface area (Å²) in [5, 5.41) is 4.94. The Morgan fingerprint density at radius 2 is 1.86 bits per heavy atom. The van der Waals surface area contributed by atoms with E-state index in [0.29, 0.717) is 19.7 Å². The van der Waals surface area contributed by atoms with E-state index < -0.39 is 18.2 Å². The van der Waals surface area contributed by atoms with Crippen molar-refractivity contribution in [3.8, 4) is 0 Å². The van der Waals surface area contributed by atoms with E-state index in [1.165, 1.54) is 0 Å². The molecule has 1 heterocycles. The number of carbonyl (C=O) groups excluding carboxylic acids is 3. The number of carbonyl (C=O) groups is 3. The van der Waals surface area contributed by atoms with Crippen molar-refractivity contribution in [1.82, 2.24) is 15.5 Å². The molecule has 0 aromatic heterocycles. The van der Waals surface area contributed by atoms with Crippen LogP contribution in [0, 0.1) is 5.92 Å². The first kappa shape index (κ1) is 16.9. The van der Waals surface area contributed by atoms with Gasteiger partial charge in [-0.15, -0.1) is 0 Å². The molecular weight excluding hydrogens is 286 g/mol. The number of ketones is 1. The maximum absolute atomic E-state index is 12.1. The summed E-state index contributed by atoms with van der Waals surface area (Å²) in [4.78, 5) is 37.7. The van der Waals surface area contributed by atoms with Crippen molar-refractivity contribution in [3.63, 3.8) is 0 Å². The fourth-order valence-corrected chi connectivity index (χ4v) is 2.50. The SMILES string of the molecule is CC(C)NC(=O)NC(=O)[C@H](C)N1CCO[C@@H](C(=O)C2CC2)C1. The first-order chi connectivity index (χ1) is 10.4. The highest BCUT2D eigenvalue weighted by atomic mass is 16.5. The Bertz CT molecular complexity index is 448. The number of hydrogen-bond donors (Lipinski definition) is 2. The molecular formula is C15H25N3O4. The van der Waals surface area contributed by atoms with Crippen molar-refractivity contribution >= 4 is 17.7 Å². The molecule has 1 aliphatic heterocycles. The van der Waals surface area contributed by atoms with E-state index in [1.54, 1.807) is 6.92 Å². The molecule has 7 heteroatoms. The van der Waals surface area contributed by atoms with Gasteiger partial charge < -0.3 is 10.1 Å². The van der Waals surface area contributed by atoms with Crippen LogP contribution in [0.5, 0.6) is 0 Å². The number of imide groups is 1. The minimum atomic E-state index is -0.495. The molecule has 2 atom stereocenters. The molecule has 0 radical (unpaired) electrons. The van der Waals surface area contributed by atoms with E-state index in [4.69, 9.17) is 4.74 Å². The van der Waals surface area contributed by atoms with E-state index in [2.05, 4.69) is 10.6 Å². The van der Waals surface area contributed by atoms with Gasteiger partial charge in [-0.2, -0.15) is 0 Å². The Morgan fingerprint density at radius 1 is 1.18 bits per heavy atom. The number of nitrogens with zero attached hydrogens (tertiary/aromatic N) is 1. The summed E-state index contributed by atoms with van der Waals surface area (Å²) in [5.41, 5.74) is 0. The Kier molecular flexibility index (Phi) is 5.52. The lowest BCUT2D eigenvalue weighted by Crippen LogP contribution is -2.56. The molecule has 3 amide bonds. The smallest absolute Gasteiger partial charge is 0.321 e. The zero-order chi connectivity index (χ0) is 16.3. The van der Waals surface area contributed by atoms with Crippen molar-refractivity contribution in [1.29, 1.82) is 0 Å². The van der Waals surface area contributed by atoms with Crippen LogP contribution in [-0.2, 0) is 14.3 Å². The third-order valence-corrected chi connectivity index (χ3v) is 3.98. The molecule has 1 saturated heterocycles. The number of ether oxygens (including phenoxy) is 1. The summed E-state index contributed by atoms with van der Waals surface area (Å²) in [6, 6.07) is -1.01. The predicted molar refractivity (Wildman–Crippen MR) is 80.3 cm³/mol. The molecule has 7 nitrogen and oxygen atoms in total. The lowest BCUT2D eigenvalue weighted by Gasteiger charge is -2.35. The van der Waals surface area contributed by atoms with Gasteiger partial charge in [0, 0.05) is 25.0 Å². The molecule has 0 unspecified atom stereocenters. The van der Waals surface area contributed by atoms with Crippen molar-refractivity contribution in [3.05, 3.63) is 0 Å². The number of rotatable bonds is 5. The first-order valence-electron chi connectivity index (χ1n) is 7.89. The molecule has 2 aliphatic rings. The van der Waals surface area contributed by atoms with E-state index in [1.807, 2.05) is 18.7 Å². The predicted octanol–water partition coefficient (Wildman–Crippen LogP) is 0.289. The summed E-state index contributed by atoms with van der Waals surface area (Å²) in [5.74, 6) is -0.0709. The van der Waals surface area contributed by atoms with E-state index in [0.717, 1.165) is 12.8 Å². The van der Waals surface area contributed by atoms with Gasteiger partial charge in [-0.25, -0.2) is 4.79 Å². The van der Waals surface area contributed by atoms with Crippen molar-refractivity contribution in [2.24, 2.45) is 5.92 Å². The maximum Gasteiger partial charge on any atom is 0.321 e. The second kappa shape index (κ2) is 7.19. The molecule has 0 aromatic carbocycles. The average Bonchev–Trinajstić information content (AvgIpc) is 3.29. The van der Waals surface area contributed by atoms with Crippen LogP contribution in [0.15, 0.2) is 0 Å². The molecule has 1 aliphatic carbocycles. The molecule has 2 N–H and O–H groups in total. The van der Waals surface area contributed by atoms with Crippen molar-refractivity contribution in [2.45, 2.75) is 51.8 Å². The Morgan fingerprint density at radius 3 is 2.45 bits per heavy atom. The van der Waals surface area contributed by atoms with Gasteiger partial charge in [-0.05, 0) is 33.6 Å². The van der Waals surface area contributed by atoms with Crippen LogP contribution in [0.4, 0.5) is 4.79 Å². The number of morpholine rings is 1. The third kappa shape index (κ3) is 4.51. The standard InChI is InChI=1S/C15H25N3O4/c1-9(2)16-15(21)17-14(20)10(3)18-6-7-22-12(8-18)13(19)11-4-5-11/h9-12H,4-8H2,1-3H3,(H2,16,17,20,21)/t10-,12+/m0/s1. The highest BCUT2D eigenvalue weighted by Gasteiger charge is 2.39. The van der Waals surface area contributed by atoms with Crippen LogP contribution in [-0.4, -0.2) is 60.5 Å². The molecule has 0 bridgehead atoms. The number of Topliss-reactive ketones (excluding diaryl/α,β-unsaturated/α-hetero) is 1. The van der Waals surface area contributed by atoms with E-state index in [-0.39, 0.29) is 23.7 Å². The Balaban J connectivity index is 1.85. The number of hydrogen-bond acceptors (Lipinski definition) is 5. The highest BCUT2D eigenvalue weighted by molar-refractivity contribution is 5.97. The van der Waals surface area contributed by atoms with Gasteiger partial charge in [-0.3, -0.25) is 19.8 Å². The molecule has 22 heavy (non-hydrogen) atoms. The van der Waals surface area contributed by atoms with Gasteiger partial charge in [0.15, 0.2) is 5.78 Å². The zero-order valence-corrected chi connectivity index (χ0v) is 13.4. The molecule has 1 saturated carbocycles. The molecule has 124 valence electrons. The summed E-state index contributed by atoms with van der Waals surface area (Å²) in [6.07, 6.45) is 1.45. The van der Waals surface area contributed by atoms with Crippen LogP contribution < -0.4 is 10.6 Å². The Hall–Kier alpha value is -1.47. The highest BCUT2D eigenvalue weighted by Crippen LogP contribution is 2.32.